The predicted octanol–water partition coefficient (Wildman–Crippen LogP) is 3.62. The summed E-state index contributed by atoms with van der Waals surface area (Å²) in [6.45, 7) is 18.2. The molecule has 0 bridgehead atoms. The molecule has 3 aromatic rings. The highest BCUT2D eigenvalue weighted by atomic mass is 32.2. The Hall–Kier alpha value is -3.12. The lowest BCUT2D eigenvalue weighted by Gasteiger charge is -2.47. The molecule has 3 heterocycles. The van der Waals surface area contributed by atoms with E-state index in [2.05, 4.69) is 54.6 Å². The molecule has 14 heteroatoms. The summed E-state index contributed by atoms with van der Waals surface area (Å²) in [5, 5.41) is 1.98. The number of benzene rings is 2. The second kappa shape index (κ2) is 12.6. The maximum Gasteiger partial charge on any atom is 0.332 e. The molecule has 1 fully saturated rings. The highest BCUT2D eigenvalue weighted by molar-refractivity contribution is 7.90. The lowest BCUT2D eigenvalue weighted by atomic mass is 9.89. The van der Waals surface area contributed by atoms with Crippen LogP contribution in [-0.4, -0.2) is 58.6 Å². The topological polar surface area (TPSA) is 141 Å². The Labute approximate surface area is 291 Å². The number of rotatable bonds is 8. The number of nitrogens with zero attached hydrogens (tertiary/aromatic N) is 2. The van der Waals surface area contributed by atoms with Crippen molar-refractivity contribution >= 4 is 37.1 Å². The number of aromatic nitrogens is 2. The van der Waals surface area contributed by atoms with Crippen LogP contribution in [0.1, 0.15) is 53.3 Å². The average Bonchev–Trinajstić information content (AvgIpc) is 3.45. The van der Waals surface area contributed by atoms with Crippen LogP contribution in [0.2, 0.25) is 23.2 Å². The van der Waals surface area contributed by atoms with E-state index < -0.39 is 67.1 Å². The molecule has 2 aliphatic rings. The molecule has 2 N–H and O–H groups in total. The molecule has 0 aliphatic carbocycles. The second-order valence-electron chi connectivity index (χ2n) is 15.6. The van der Waals surface area contributed by atoms with E-state index >= 15 is 0 Å². The normalized spacial score (nSPS) is 24.4. The summed E-state index contributed by atoms with van der Waals surface area (Å²) < 4.78 is 56.2. The predicted molar refractivity (Wildman–Crippen MR) is 195 cm³/mol. The molecule has 1 saturated heterocycles. The Morgan fingerprint density at radius 3 is 1.90 bits per heavy atom. The van der Waals surface area contributed by atoms with Gasteiger partial charge in [-0.05, 0) is 40.5 Å². The lowest BCUT2D eigenvalue weighted by molar-refractivity contribution is -0.0566. The first-order valence-electron chi connectivity index (χ1n) is 16.4. The van der Waals surface area contributed by atoms with Crippen LogP contribution in [0.3, 0.4) is 0 Å². The van der Waals surface area contributed by atoms with Crippen molar-refractivity contribution in [3.05, 3.63) is 104 Å². The van der Waals surface area contributed by atoms with Gasteiger partial charge >= 0.3 is 5.69 Å². The number of hydrogen-bond acceptors (Lipinski definition) is 9. The molecule has 1 aromatic heterocycles. The van der Waals surface area contributed by atoms with Crippen molar-refractivity contribution < 1.29 is 26.2 Å². The minimum absolute atomic E-state index is 0.0862. The smallest absolute Gasteiger partial charge is 0.332 e. The third-order valence-electron chi connectivity index (χ3n) is 10.3. The van der Waals surface area contributed by atoms with Crippen LogP contribution < -0.4 is 27.4 Å². The standard InChI is InChI=1S/C35H49N3O8SSi2/c1-24-21-38(32(40)37(8)30(24)39)31-29(45-49(34(5,6)7,25-17-13-11-14-18-25)26-19-15-12-16-20-26)35(27(36)23-47(41,42)46-35)28(44-31)22-43-48(9,10)33(2,3)4/h11-21,23,28-29,31H,22,36H2,1-10H3/t28-,29+,31-,35?/m1/s1. The van der Waals surface area contributed by atoms with Crippen LogP contribution in [-0.2, 0) is 34.9 Å². The molecule has 2 aliphatic heterocycles. The number of nitrogens with two attached hydrogens (primary N) is 1. The van der Waals surface area contributed by atoms with E-state index in [9.17, 15) is 18.0 Å². The van der Waals surface area contributed by atoms with Crippen LogP contribution >= 0.6 is 0 Å². The molecule has 266 valence electrons. The summed E-state index contributed by atoms with van der Waals surface area (Å²) in [5.74, 6) is 0. The molecule has 1 unspecified atom stereocenters. The Bertz CT molecular complexity index is 1930. The number of ether oxygens (including phenoxy) is 1. The molecule has 0 saturated carbocycles. The lowest BCUT2D eigenvalue weighted by Crippen LogP contribution is -2.70. The summed E-state index contributed by atoms with van der Waals surface area (Å²) in [6, 6.07) is 19.6. The van der Waals surface area contributed by atoms with Gasteiger partial charge in [0.25, 0.3) is 24.0 Å². The average molecular weight is 728 g/mol. The summed E-state index contributed by atoms with van der Waals surface area (Å²) in [5.41, 5.74) is 3.88. The van der Waals surface area contributed by atoms with Crippen LogP contribution in [0.25, 0.3) is 0 Å². The van der Waals surface area contributed by atoms with E-state index in [-0.39, 0.29) is 22.9 Å². The van der Waals surface area contributed by atoms with E-state index in [0.29, 0.717) is 0 Å². The summed E-state index contributed by atoms with van der Waals surface area (Å²) in [7, 11) is -8.84. The van der Waals surface area contributed by atoms with Crippen LogP contribution in [0.15, 0.2) is 87.6 Å². The molecule has 4 atom stereocenters. The first kappa shape index (κ1) is 37.1. The highest BCUT2D eigenvalue weighted by Gasteiger charge is 2.68. The fourth-order valence-corrected chi connectivity index (χ4v) is 13.5. The second-order valence-corrected chi connectivity index (χ2v) is 26.0. The van der Waals surface area contributed by atoms with Gasteiger partial charge in [0.15, 0.2) is 20.1 Å². The van der Waals surface area contributed by atoms with E-state index in [1.807, 2.05) is 60.7 Å². The Kier molecular flexibility index (Phi) is 9.54. The maximum absolute atomic E-state index is 13.9. The van der Waals surface area contributed by atoms with Crippen molar-refractivity contribution in [2.75, 3.05) is 6.61 Å². The van der Waals surface area contributed by atoms with Gasteiger partial charge in [0.1, 0.15) is 12.2 Å². The Morgan fingerprint density at radius 2 is 1.45 bits per heavy atom. The number of aryl methyl sites for hydroxylation is 1. The molecule has 0 amide bonds. The molecule has 1 spiro atoms. The minimum atomic E-state index is -4.31. The van der Waals surface area contributed by atoms with Crippen molar-refractivity contribution in [1.29, 1.82) is 0 Å². The third kappa shape index (κ3) is 6.25. The zero-order chi connectivity index (χ0) is 36.4. The van der Waals surface area contributed by atoms with E-state index in [1.54, 1.807) is 6.92 Å². The van der Waals surface area contributed by atoms with Crippen molar-refractivity contribution in [1.82, 2.24) is 9.13 Å². The van der Waals surface area contributed by atoms with Gasteiger partial charge < -0.3 is 19.3 Å². The van der Waals surface area contributed by atoms with Gasteiger partial charge in [-0.1, -0.05) is 102 Å². The summed E-state index contributed by atoms with van der Waals surface area (Å²) in [4.78, 5) is 26.8. The quantitative estimate of drug-likeness (QED) is 0.272. The molecular formula is C35H49N3O8SSi2. The fourth-order valence-electron chi connectivity index (χ4n) is 6.63. The Morgan fingerprint density at radius 1 is 0.918 bits per heavy atom. The van der Waals surface area contributed by atoms with Crippen molar-refractivity contribution in [3.8, 4) is 0 Å². The maximum atomic E-state index is 13.9. The monoisotopic (exact) mass is 727 g/mol. The van der Waals surface area contributed by atoms with Crippen LogP contribution in [0.5, 0.6) is 0 Å². The first-order valence-corrected chi connectivity index (χ1v) is 22.7. The van der Waals surface area contributed by atoms with Gasteiger partial charge in [0.05, 0.1) is 17.7 Å². The van der Waals surface area contributed by atoms with Crippen molar-refractivity contribution in [2.24, 2.45) is 12.8 Å². The molecule has 2 aromatic carbocycles. The number of hydrogen-bond donors (Lipinski definition) is 1. The van der Waals surface area contributed by atoms with Gasteiger partial charge in [0.2, 0.25) is 0 Å². The SMILES string of the molecule is Cc1cn([C@@H]2O[C@H](CO[Si](C)(C)C(C)(C)C)C3(OS(=O)(=O)C=C3N)[C@H]2O[Si](c2ccccc2)(c2ccccc2)C(C)(C)C)c(=O)n(C)c1=O. The molecule has 0 radical (unpaired) electrons. The molecule has 49 heavy (non-hydrogen) atoms. The zero-order valence-corrected chi connectivity index (χ0v) is 32.8. The fraction of sp³-hybridized carbons (Fsp3) is 0.486. The molecule has 5 rings (SSSR count). The van der Waals surface area contributed by atoms with Crippen molar-refractivity contribution in [3.63, 3.8) is 0 Å². The van der Waals surface area contributed by atoms with Crippen LogP contribution in [0, 0.1) is 6.92 Å². The highest BCUT2D eigenvalue weighted by Crippen LogP contribution is 2.52. The van der Waals surface area contributed by atoms with Crippen molar-refractivity contribution in [2.45, 2.75) is 95.7 Å². The van der Waals surface area contributed by atoms with Gasteiger partial charge in [0, 0.05) is 18.8 Å². The van der Waals surface area contributed by atoms with Gasteiger partial charge in [-0.2, -0.15) is 8.42 Å². The van der Waals surface area contributed by atoms with Gasteiger partial charge in [-0.15, -0.1) is 0 Å². The third-order valence-corrected chi connectivity index (χ3v) is 20.9. The molecule has 11 nitrogen and oxygen atoms in total. The van der Waals surface area contributed by atoms with E-state index in [1.165, 1.54) is 17.8 Å². The molecular weight excluding hydrogens is 679 g/mol. The van der Waals surface area contributed by atoms with E-state index in [0.717, 1.165) is 20.3 Å². The summed E-state index contributed by atoms with van der Waals surface area (Å²) >= 11 is 0. The first-order chi connectivity index (χ1) is 22.6. The zero-order valence-electron chi connectivity index (χ0n) is 30.0. The van der Waals surface area contributed by atoms with Gasteiger partial charge in [-0.25, -0.2) is 8.98 Å². The summed E-state index contributed by atoms with van der Waals surface area (Å²) in [6.07, 6.45) is -2.26. The largest absolute Gasteiger partial charge is 0.414 e. The van der Waals surface area contributed by atoms with Crippen LogP contribution in [0.4, 0.5) is 0 Å². The Balaban J connectivity index is 1.84. The van der Waals surface area contributed by atoms with Gasteiger partial charge in [-0.3, -0.25) is 13.9 Å². The minimum Gasteiger partial charge on any atom is -0.414 e. The van der Waals surface area contributed by atoms with E-state index in [4.69, 9.17) is 23.5 Å².